The summed E-state index contributed by atoms with van der Waals surface area (Å²) in [5.74, 6) is 0.0251. The molecule has 1 heterocycles. The molecule has 0 saturated carbocycles. The number of carbonyl (C=O) groups is 1. The molecular weight excluding hydrogens is 300 g/mol. The van der Waals surface area contributed by atoms with E-state index in [9.17, 15) is 4.79 Å². The van der Waals surface area contributed by atoms with E-state index in [2.05, 4.69) is 15.4 Å². The fraction of sp³-hybridized carbons (Fsp3) is 0.211. The van der Waals surface area contributed by atoms with Crippen LogP contribution in [0.2, 0.25) is 0 Å². The van der Waals surface area contributed by atoms with E-state index in [0.29, 0.717) is 6.42 Å². The molecule has 0 saturated heterocycles. The molecular formula is C19H20N4O. The topological polar surface area (TPSA) is 59.8 Å². The molecule has 1 amide bonds. The van der Waals surface area contributed by atoms with Gasteiger partial charge in [-0.25, -0.2) is 9.67 Å². The van der Waals surface area contributed by atoms with E-state index in [-0.39, 0.29) is 11.9 Å². The maximum absolute atomic E-state index is 12.3. The zero-order valence-electron chi connectivity index (χ0n) is 13.8. The lowest BCUT2D eigenvalue weighted by atomic mass is 10.0. The van der Waals surface area contributed by atoms with Gasteiger partial charge >= 0.3 is 0 Å². The maximum atomic E-state index is 12.3. The van der Waals surface area contributed by atoms with Crippen LogP contribution in [0.25, 0.3) is 5.69 Å². The zero-order valence-corrected chi connectivity index (χ0v) is 13.8. The number of aryl methyl sites for hydroxylation is 1. The molecule has 3 aromatic rings. The van der Waals surface area contributed by atoms with E-state index in [1.165, 1.54) is 6.33 Å². The second kappa shape index (κ2) is 7.08. The smallest absolute Gasteiger partial charge is 0.224 e. The summed E-state index contributed by atoms with van der Waals surface area (Å²) in [6, 6.07) is 15.8. The Morgan fingerprint density at radius 3 is 2.58 bits per heavy atom. The van der Waals surface area contributed by atoms with Crippen LogP contribution in [0.1, 0.15) is 29.7 Å². The molecule has 0 spiro atoms. The molecule has 2 aromatic carbocycles. The van der Waals surface area contributed by atoms with Gasteiger partial charge in [0.25, 0.3) is 0 Å². The van der Waals surface area contributed by atoms with Gasteiger partial charge in [-0.1, -0.05) is 36.4 Å². The molecule has 122 valence electrons. The van der Waals surface area contributed by atoms with Crippen molar-refractivity contribution in [2.45, 2.75) is 26.3 Å². The molecule has 0 unspecified atom stereocenters. The third kappa shape index (κ3) is 3.68. The predicted octanol–water partition coefficient (Wildman–Crippen LogP) is 3.00. The minimum absolute atomic E-state index is 0.0251. The minimum atomic E-state index is -0.0497. The van der Waals surface area contributed by atoms with Crippen LogP contribution in [-0.2, 0) is 11.2 Å². The SMILES string of the molecule is Cc1ccccc1CC(=O)N[C@@H](C)c1ccc(-n2cncn2)cc1. The third-order valence-electron chi connectivity index (χ3n) is 4.07. The van der Waals surface area contributed by atoms with Gasteiger partial charge in [-0.2, -0.15) is 5.10 Å². The van der Waals surface area contributed by atoms with Crippen molar-refractivity contribution in [3.05, 3.63) is 77.9 Å². The van der Waals surface area contributed by atoms with Gasteiger partial charge < -0.3 is 5.32 Å². The monoisotopic (exact) mass is 320 g/mol. The van der Waals surface area contributed by atoms with Crippen molar-refractivity contribution in [3.8, 4) is 5.69 Å². The van der Waals surface area contributed by atoms with Crippen LogP contribution in [0.4, 0.5) is 0 Å². The van der Waals surface area contributed by atoms with Crippen molar-refractivity contribution in [1.29, 1.82) is 0 Å². The van der Waals surface area contributed by atoms with E-state index in [1.54, 1.807) is 11.0 Å². The van der Waals surface area contributed by atoms with Crippen LogP contribution in [0.15, 0.2) is 61.2 Å². The molecule has 1 N–H and O–H groups in total. The molecule has 0 aliphatic heterocycles. The average Bonchev–Trinajstić information content (AvgIpc) is 3.11. The Labute approximate surface area is 141 Å². The fourth-order valence-corrected chi connectivity index (χ4v) is 2.61. The standard InChI is InChI=1S/C19H20N4O/c1-14-5-3-4-6-17(14)11-19(24)22-15(2)16-7-9-18(10-8-16)23-13-20-12-21-23/h3-10,12-13,15H,11H2,1-2H3,(H,22,24)/t15-/m0/s1. The van der Waals surface area contributed by atoms with Crippen molar-refractivity contribution in [3.63, 3.8) is 0 Å². The number of rotatable bonds is 5. The van der Waals surface area contributed by atoms with Crippen LogP contribution in [0.5, 0.6) is 0 Å². The number of nitrogens with one attached hydrogen (secondary N) is 1. The lowest BCUT2D eigenvalue weighted by Crippen LogP contribution is -2.28. The lowest BCUT2D eigenvalue weighted by Gasteiger charge is -2.15. The van der Waals surface area contributed by atoms with Crippen LogP contribution in [0.3, 0.4) is 0 Å². The fourth-order valence-electron chi connectivity index (χ4n) is 2.61. The highest BCUT2D eigenvalue weighted by atomic mass is 16.1. The summed E-state index contributed by atoms with van der Waals surface area (Å²) in [4.78, 5) is 16.2. The van der Waals surface area contributed by atoms with Crippen molar-refractivity contribution < 1.29 is 4.79 Å². The van der Waals surface area contributed by atoms with Gasteiger partial charge in [-0.3, -0.25) is 4.79 Å². The van der Waals surface area contributed by atoms with E-state index >= 15 is 0 Å². The molecule has 5 nitrogen and oxygen atoms in total. The highest BCUT2D eigenvalue weighted by Gasteiger charge is 2.11. The van der Waals surface area contributed by atoms with Gasteiger partial charge in [0, 0.05) is 0 Å². The van der Waals surface area contributed by atoms with E-state index in [4.69, 9.17) is 0 Å². The summed E-state index contributed by atoms with van der Waals surface area (Å²) in [6.45, 7) is 4.01. The number of aromatic nitrogens is 3. The Bertz CT molecular complexity index is 810. The van der Waals surface area contributed by atoms with Crippen molar-refractivity contribution >= 4 is 5.91 Å². The van der Waals surface area contributed by atoms with E-state index in [1.807, 2.05) is 62.4 Å². The number of nitrogens with zero attached hydrogens (tertiary/aromatic N) is 3. The second-order valence-corrected chi connectivity index (χ2v) is 5.82. The number of carbonyl (C=O) groups excluding carboxylic acids is 1. The van der Waals surface area contributed by atoms with Crippen LogP contribution < -0.4 is 5.32 Å². The maximum Gasteiger partial charge on any atom is 0.224 e. The van der Waals surface area contributed by atoms with Crippen molar-refractivity contribution in [2.24, 2.45) is 0 Å². The summed E-state index contributed by atoms with van der Waals surface area (Å²) in [6.07, 6.45) is 3.55. The molecule has 0 bridgehead atoms. The summed E-state index contributed by atoms with van der Waals surface area (Å²) in [5, 5.41) is 7.15. The molecule has 5 heteroatoms. The Hall–Kier alpha value is -2.95. The Kier molecular flexibility index (Phi) is 4.70. The first-order valence-corrected chi connectivity index (χ1v) is 7.92. The Balaban J connectivity index is 1.63. The van der Waals surface area contributed by atoms with Gasteiger partial charge in [-0.15, -0.1) is 0 Å². The Morgan fingerprint density at radius 2 is 1.92 bits per heavy atom. The number of hydrogen-bond donors (Lipinski definition) is 1. The predicted molar refractivity (Wildman–Crippen MR) is 92.8 cm³/mol. The number of benzene rings is 2. The molecule has 0 radical (unpaired) electrons. The molecule has 1 atom stereocenters. The normalized spacial score (nSPS) is 11.9. The largest absolute Gasteiger partial charge is 0.349 e. The summed E-state index contributed by atoms with van der Waals surface area (Å²) >= 11 is 0. The van der Waals surface area contributed by atoms with Gasteiger partial charge in [0.2, 0.25) is 5.91 Å². The number of amides is 1. The average molecular weight is 320 g/mol. The quantitative estimate of drug-likeness (QED) is 0.786. The molecule has 3 rings (SSSR count). The van der Waals surface area contributed by atoms with Gasteiger partial charge in [0.1, 0.15) is 12.7 Å². The highest BCUT2D eigenvalue weighted by molar-refractivity contribution is 5.79. The van der Waals surface area contributed by atoms with Crippen LogP contribution in [-0.4, -0.2) is 20.7 Å². The molecule has 0 aliphatic rings. The zero-order chi connectivity index (χ0) is 16.9. The highest BCUT2D eigenvalue weighted by Crippen LogP contribution is 2.16. The van der Waals surface area contributed by atoms with Gasteiger partial charge in [-0.05, 0) is 42.7 Å². The number of hydrogen-bond acceptors (Lipinski definition) is 3. The first-order valence-electron chi connectivity index (χ1n) is 7.92. The van der Waals surface area contributed by atoms with Gasteiger partial charge in [0.05, 0.1) is 18.2 Å². The first-order chi connectivity index (χ1) is 11.6. The summed E-state index contributed by atoms with van der Waals surface area (Å²) in [5.41, 5.74) is 4.19. The molecule has 24 heavy (non-hydrogen) atoms. The van der Waals surface area contributed by atoms with E-state index in [0.717, 1.165) is 22.4 Å². The van der Waals surface area contributed by atoms with Crippen molar-refractivity contribution in [2.75, 3.05) is 0 Å². The molecule has 1 aromatic heterocycles. The summed E-state index contributed by atoms with van der Waals surface area (Å²) in [7, 11) is 0. The van der Waals surface area contributed by atoms with Crippen LogP contribution in [0, 0.1) is 6.92 Å². The Morgan fingerprint density at radius 1 is 1.17 bits per heavy atom. The third-order valence-corrected chi connectivity index (χ3v) is 4.07. The lowest BCUT2D eigenvalue weighted by molar-refractivity contribution is -0.121. The molecule has 0 aliphatic carbocycles. The van der Waals surface area contributed by atoms with E-state index < -0.39 is 0 Å². The van der Waals surface area contributed by atoms with Gasteiger partial charge in [0.15, 0.2) is 0 Å². The van der Waals surface area contributed by atoms with Crippen LogP contribution >= 0.6 is 0 Å². The van der Waals surface area contributed by atoms with Crippen molar-refractivity contribution in [1.82, 2.24) is 20.1 Å². The second-order valence-electron chi connectivity index (χ2n) is 5.82. The first kappa shape index (κ1) is 15.9. The minimum Gasteiger partial charge on any atom is -0.349 e. The molecule has 0 fully saturated rings. The summed E-state index contributed by atoms with van der Waals surface area (Å²) < 4.78 is 1.70.